The zero-order chi connectivity index (χ0) is 13.2. The van der Waals surface area contributed by atoms with Gasteiger partial charge in [0.05, 0.1) is 16.4 Å². The summed E-state index contributed by atoms with van der Waals surface area (Å²) in [6, 6.07) is 6.16. The molecule has 0 aliphatic rings. The fourth-order valence-corrected chi connectivity index (χ4v) is 2.69. The van der Waals surface area contributed by atoms with E-state index in [1.54, 1.807) is 23.6 Å². The van der Waals surface area contributed by atoms with Crippen molar-refractivity contribution in [3.8, 4) is 11.1 Å². The number of aromatic nitrogens is 3. The van der Waals surface area contributed by atoms with Crippen LogP contribution in [0.25, 0.3) is 21.3 Å². The summed E-state index contributed by atoms with van der Waals surface area (Å²) in [6.45, 7) is 7.48. The molecule has 3 aromatic rings. The third kappa shape index (κ3) is 2.28. The quantitative estimate of drug-likeness (QED) is 0.708. The minimum absolute atomic E-state index is 0.745. The summed E-state index contributed by atoms with van der Waals surface area (Å²) in [4.78, 5) is 4.50. The smallest absolute Gasteiger partial charge is 0.188 e. The van der Waals surface area contributed by atoms with Crippen LogP contribution < -0.4 is 5.32 Å². The third-order valence-corrected chi connectivity index (χ3v) is 3.67. The topological polar surface area (TPSA) is 53.6 Å². The zero-order valence-corrected chi connectivity index (χ0v) is 11.0. The van der Waals surface area contributed by atoms with E-state index in [9.17, 15) is 0 Å². The molecule has 19 heavy (non-hydrogen) atoms. The lowest BCUT2D eigenvalue weighted by molar-refractivity contribution is 1.09. The van der Waals surface area contributed by atoms with Crippen LogP contribution in [-0.4, -0.2) is 15.2 Å². The molecule has 2 N–H and O–H groups in total. The highest BCUT2D eigenvalue weighted by atomic mass is 32.1. The first-order chi connectivity index (χ1) is 9.26. The molecule has 0 saturated carbocycles. The molecule has 0 fully saturated rings. The van der Waals surface area contributed by atoms with Crippen LogP contribution in [0.4, 0.5) is 5.13 Å². The van der Waals surface area contributed by atoms with Crippen molar-refractivity contribution in [2.24, 2.45) is 0 Å². The summed E-state index contributed by atoms with van der Waals surface area (Å²) in [5.41, 5.74) is 3.91. The highest BCUT2D eigenvalue weighted by molar-refractivity contribution is 7.22. The van der Waals surface area contributed by atoms with Gasteiger partial charge in [0.1, 0.15) is 0 Å². The maximum Gasteiger partial charge on any atom is 0.188 e. The molecule has 1 aromatic carbocycles. The Morgan fingerprint density at radius 1 is 1.37 bits per heavy atom. The Morgan fingerprint density at radius 3 is 3.00 bits per heavy atom. The molecule has 0 radical (unpaired) electrons. The van der Waals surface area contributed by atoms with Gasteiger partial charge in [-0.05, 0) is 23.8 Å². The molecule has 0 aliphatic heterocycles. The summed E-state index contributed by atoms with van der Waals surface area (Å²) >= 11 is 1.59. The standard InChI is InChI=1S/C14H12N4S/c1-3-9(2)17-14-18-12-5-4-10(6-13(12)19-14)11-7-15-16-8-11/h3-8H,1-2H2,(H,15,16)(H,17,18). The van der Waals surface area contributed by atoms with E-state index in [0.717, 1.165) is 32.2 Å². The Hall–Kier alpha value is -2.40. The lowest BCUT2D eigenvalue weighted by Gasteiger charge is -1.97. The second kappa shape index (κ2) is 4.70. The Morgan fingerprint density at radius 2 is 2.26 bits per heavy atom. The molecular weight excluding hydrogens is 256 g/mol. The van der Waals surface area contributed by atoms with Gasteiger partial charge in [0.2, 0.25) is 0 Å². The number of allylic oxidation sites excluding steroid dienone is 1. The van der Waals surface area contributed by atoms with Gasteiger partial charge in [0.25, 0.3) is 0 Å². The first-order valence-corrected chi connectivity index (χ1v) is 6.56. The van der Waals surface area contributed by atoms with Crippen LogP contribution >= 0.6 is 11.3 Å². The number of fused-ring (bicyclic) bond motifs is 1. The molecule has 0 amide bonds. The fraction of sp³-hybridized carbons (Fsp3) is 0. The highest BCUT2D eigenvalue weighted by Crippen LogP contribution is 2.30. The van der Waals surface area contributed by atoms with E-state index in [-0.39, 0.29) is 0 Å². The number of anilines is 1. The maximum atomic E-state index is 4.50. The highest BCUT2D eigenvalue weighted by Gasteiger charge is 2.06. The molecule has 0 saturated heterocycles. The van der Waals surface area contributed by atoms with Gasteiger partial charge in [-0.15, -0.1) is 0 Å². The Balaban J connectivity index is 1.99. The molecular formula is C14H12N4S. The van der Waals surface area contributed by atoms with E-state index in [2.05, 4.69) is 39.7 Å². The molecule has 2 heterocycles. The van der Waals surface area contributed by atoms with Gasteiger partial charge in [-0.1, -0.05) is 30.6 Å². The van der Waals surface area contributed by atoms with E-state index < -0.39 is 0 Å². The van der Waals surface area contributed by atoms with Gasteiger partial charge in [0.15, 0.2) is 5.13 Å². The van der Waals surface area contributed by atoms with Crippen LogP contribution in [0.3, 0.4) is 0 Å². The maximum absolute atomic E-state index is 4.50. The number of nitrogens with zero attached hydrogens (tertiary/aromatic N) is 2. The minimum Gasteiger partial charge on any atom is -0.332 e. The number of H-pyrrole nitrogens is 1. The molecule has 0 unspecified atom stereocenters. The minimum atomic E-state index is 0.745. The lowest BCUT2D eigenvalue weighted by Crippen LogP contribution is -1.92. The summed E-state index contributed by atoms with van der Waals surface area (Å²) in [5, 5.41) is 10.7. The van der Waals surface area contributed by atoms with Gasteiger partial charge in [0, 0.05) is 17.5 Å². The van der Waals surface area contributed by atoms with Gasteiger partial charge in [-0.2, -0.15) is 5.10 Å². The van der Waals surface area contributed by atoms with Crippen molar-refractivity contribution in [1.29, 1.82) is 0 Å². The number of thiazole rings is 1. The first-order valence-electron chi connectivity index (χ1n) is 5.74. The van der Waals surface area contributed by atoms with E-state index in [1.807, 2.05) is 18.3 Å². The number of benzene rings is 1. The van der Waals surface area contributed by atoms with Crippen LogP contribution in [0.2, 0.25) is 0 Å². The molecule has 94 valence electrons. The number of hydrogen-bond donors (Lipinski definition) is 2. The lowest BCUT2D eigenvalue weighted by atomic mass is 10.1. The Bertz CT molecular complexity index is 740. The van der Waals surface area contributed by atoms with Crippen molar-refractivity contribution in [3.63, 3.8) is 0 Å². The molecule has 4 nitrogen and oxygen atoms in total. The van der Waals surface area contributed by atoms with Crippen LogP contribution in [0, 0.1) is 0 Å². The van der Waals surface area contributed by atoms with Crippen molar-refractivity contribution in [1.82, 2.24) is 15.2 Å². The average molecular weight is 268 g/mol. The fourth-order valence-electron chi connectivity index (χ4n) is 1.75. The van der Waals surface area contributed by atoms with Gasteiger partial charge in [-0.25, -0.2) is 4.98 Å². The van der Waals surface area contributed by atoms with Crippen LogP contribution in [0.15, 0.2) is 55.5 Å². The summed E-state index contributed by atoms with van der Waals surface area (Å²) in [5.74, 6) is 0. The second-order valence-electron chi connectivity index (χ2n) is 4.04. The second-order valence-corrected chi connectivity index (χ2v) is 5.07. The van der Waals surface area contributed by atoms with Gasteiger partial charge in [-0.3, -0.25) is 5.10 Å². The predicted molar refractivity (Wildman–Crippen MR) is 80.2 cm³/mol. The molecule has 0 atom stereocenters. The van der Waals surface area contributed by atoms with Crippen molar-refractivity contribution in [3.05, 3.63) is 55.5 Å². The number of aromatic amines is 1. The average Bonchev–Trinajstić information content (AvgIpc) is 3.06. The van der Waals surface area contributed by atoms with E-state index in [1.165, 1.54) is 0 Å². The molecule has 3 rings (SSSR count). The van der Waals surface area contributed by atoms with E-state index in [4.69, 9.17) is 0 Å². The van der Waals surface area contributed by atoms with Crippen LogP contribution in [0.5, 0.6) is 0 Å². The summed E-state index contributed by atoms with van der Waals surface area (Å²) in [7, 11) is 0. The summed E-state index contributed by atoms with van der Waals surface area (Å²) < 4.78 is 1.12. The van der Waals surface area contributed by atoms with E-state index >= 15 is 0 Å². The molecule has 0 bridgehead atoms. The van der Waals surface area contributed by atoms with Crippen LogP contribution in [-0.2, 0) is 0 Å². The zero-order valence-electron chi connectivity index (χ0n) is 10.2. The predicted octanol–water partition coefficient (Wildman–Crippen LogP) is 3.80. The Kier molecular flexibility index (Phi) is 2.89. The first kappa shape index (κ1) is 11.7. The Labute approximate surface area is 114 Å². The number of hydrogen-bond acceptors (Lipinski definition) is 4. The van der Waals surface area contributed by atoms with Crippen molar-refractivity contribution in [2.75, 3.05) is 5.32 Å². The van der Waals surface area contributed by atoms with Crippen molar-refractivity contribution < 1.29 is 0 Å². The molecule has 0 spiro atoms. The number of nitrogens with one attached hydrogen (secondary N) is 2. The molecule has 2 aromatic heterocycles. The van der Waals surface area contributed by atoms with Gasteiger partial charge >= 0.3 is 0 Å². The normalized spacial score (nSPS) is 10.5. The third-order valence-electron chi connectivity index (χ3n) is 2.73. The largest absolute Gasteiger partial charge is 0.332 e. The van der Waals surface area contributed by atoms with Crippen LogP contribution in [0.1, 0.15) is 0 Å². The summed E-state index contributed by atoms with van der Waals surface area (Å²) in [6.07, 6.45) is 5.35. The molecule has 5 heteroatoms. The number of rotatable bonds is 4. The molecule has 0 aliphatic carbocycles. The van der Waals surface area contributed by atoms with Gasteiger partial charge < -0.3 is 5.32 Å². The van der Waals surface area contributed by atoms with E-state index in [0.29, 0.717) is 0 Å². The van der Waals surface area contributed by atoms with Crippen molar-refractivity contribution in [2.45, 2.75) is 0 Å². The monoisotopic (exact) mass is 268 g/mol. The SMILES string of the molecule is C=CC(=C)Nc1nc2ccc(-c3cn[nH]c3)cc2s1. The van der Waals surface area contributed by atoms with Crippen molar-refractivity contribution >= 4 is 26.7 Å².